The summed E-state index contributed by atoms with van der Waals surface area (Å²) in [4.78, 5) is 13.1. The van der Waals surface area contributed by atoms with Gasteiger partial charge in [0, 0.05) is 10.7 Å². The summed E-state index contributed by atoms with van der Waals surface area (Å²) >= 11 is 3.35. The molecule has 0 radical (unpaired) electrons. The minimum atomic E-state index is -1.23. The molecule has 11 nitrogen and oxygen atoms in total. The molecule has 28 heavy (non-hydrogen) atoms. The van der Waals surface area contributed by atoms with E-state index in [4.69, 9.17) is 4.74 Å². The molecular formula is C16H14BrN7O4. The van der Waals surface area contributed by atoms with Crippen LogP contribution in [-0.4, -0.2) is 74.4 Å². The summed E-state index contributed by atoms with van der Waals surface area (Å²) in [6.07, 6.45) is 0.401. The second-order valence-corrected chi connectivity index (χ2v) is 7.29. The van der Waals surface area contributed by atoms with Crippen LogP contribution >= 0.6 is 15.9 Å². The third-order valence-corrected chi connectivity index (χ3v) is 5.19. The molecule has 0 unspecified atom stereocenters. The Labute approximate surface area is 165 Å². The van der Waals surface area contributed by atoms with Crippen molar-refractivity contribution in [3.05, 3.63) is 35.5 Å². The molecule has 5 rings (SSSR count). The number of fused-ring (bicyclic) bond motifs is 3. The Morgan fingerprint density at radius 1 is 1.04 bits per heavy atom. The summed E-state index contributed by atoms with van der Waals surface area (Å²) < 4.78 is 9.59. The number of imidazole rings is 1. The molecule has 144 valence electrons. The summed E-state index contributed by atoms with van der Waals surface area (Å²) in [5.41, 5.74) is 1.95. The van der Waals surface area contributed by atoms with Crippen molar-refractivity contribution in [1.29, 1.82) is 0 Å². The lowest BCUT2D eigenvalue weighted by Crippen LogP contribution is -2.33. The molecule has 4 aromatic rings. The van der Waals surface area contributed by atoms with Crippen molar-refractivity contribution >= 4 is 32.7 Å². The van der Waals surface area contributed by atoms with Crippen LogP contribution in [0, 0.1) is 0 Å². The topological polar surface area (TPSA) is 144 Å². The number of nitrogens with zero attached hydrogens (tertiary/aromatic N) is 7. The van der Waals surface area contributed by atoms with E-state index in [0.717, 1.165) is 4.47 Å². The summed E-state index contributed by atoms with van der Waals surface area (Å²) in [7, 11) is 0. The molecule has 4 aromatic heterocycles. The molecule has 0 saturated carbocycles. The van der Waals surface area contributed by atoms with E-state index in [1.165, 1.54) is 17.2 Å². The van der Waals surface area contributed by atoms with E-state index in [1.54, 1.807) is 10.6 Å². The van der Waals surface area contributed by atoms with E-state index < -0.39 is 31.1 Å². The molecule has 0 amide bonds. The first kappa shape index (κ1) is 17.6. The van der Waals surface area contributed by atoms with Gasteiger partial charge in [0.25, 0.3) is 0 Å². The van der Waals surface area contributed by atoms with Crippen LogP contribution in [0.15, 0.2) is 35.5 Å². The molecular weight excluding hydrogens is 434 g/mol. The van der Waals surface area contributed by atoms with Crippen LogP contribution in [0.25, 0.3) is 28.3 Å². The number of aliphatic hydroxyl groups excluding tert-OH is 3. The summed E-state index contributed by atoms with van der Waals surface area (Å²) in [5, 5.41) is 37.9. The zero-order chi connectivity index (χ0) is 19.4. The Bertz CT molecular complexity index is 1160. The van der Waals surface area contributed by atoms with E-state index in [1.807, 2.05) is 12.1 Å². The van der Waals surface area contributed by atoms with E-state index in [0.29, 0.717) is 28.3 Å². The van der Waals surface area contributed by atoms with Crippen LogP contribution in [0.1, 0.15) is 6.23 Å². The number of aromatic nitrogens is 7. The summed E-state index contributed by atoms with van der Waals surface area (Å²) in [6, 6.07) is 3.66. The van der Waals surface area contributed by atoms with Gasteiger partial charge in [0.15, 0.2) is 28.9 Å². The molecule has 1 saturated heterocycles. The zero-order valence-electron chi connectivity index (χ0n) is 14.2. The Kier molecular flexibility index (Phi) is 4.10. The minimum Gasteiger partial charge on any atom is -0.394 e. The summed E-state index contributed by atoms with van der Waals surface area (Å²) in [5.74, 6) is 0.513. The van der Waals surface area contributed by atoms with Crippen molar-refractivity contribution in [2.45, 2.75) is 24.5 Å². The highest BCUT2D eigenvalue weighted by molar-refractivity contribution is 9.10. The Morgan fingerprint density at radius 2 is 1.89 bits per heavy atom. The number of aliphatic hydroxyl groups is 3. The maximum Gasteiger partial charge on any atom is 0.192 e. The Hall–Kier alpha value is -2.51. The van der Waals surface area contributed by atoms with Gasteiger partial charge in [-0.05, 0) is 28.1 Å². The van der Waals surface area contributed by atoms with Crippen LogP contribution < -0.4 is 0 Å². The van der Waals surface area contributed by atoms with Gasteiger partial charge >= 0.3 is 0 Å². The first-order chi connectivity index (χ1) is 13.6. The predicted octanol–water partition coefficient (Wildman–Crippen LogP) is -0.0900. The third-order valence-electron chi connectivity index (χ3n) is 4.72. The highest BCUT2D eigenvalue weighted by Gasteiger charge is 2.44. The van der Waals surface area contributed by atoms with Gasteiger partial charge in [-0.3, -0.25) is 14.0 Å². The van der Waals surface area contributed by atoms with Crippen molar-refractivity contribution in [1.82, 2.24) is 34.1 Å². The number of halogens is 1. The van der Waals surface area contributed by atoms with Crippen LogP contribution in [0.3, 0.4) is 0 Å². The molecule has 0 aromatic carbocycles. The fourth-order valence-electron chi connectivity index (χ4n) is 3.29. The molecule has 0 aliphatic carbocycles. The van der Waals surface area contributed by atoms with Gasteiger partial charge in [-0.15, -0.1) is 10.2 Å². The monoisotopic (exact) mass is 447 g/mol. The van der Waals surface area contributed by atoms with Crippen LogP contribution in [0.5, 0.6) is 0 Å². The SMILES string of the molecule is OC[C@H]1O[C@@H](n2cnc3c2ncn2c(-c4ccc(Br)cn4)nnc32)[C@@H](O)[C@H]1O. The lowest BCUT2D eigenvalue weighted by molar-refractivity contribution is -0.0511. The van der Waals surface area contributed by atoms with Gasteiger partial charge < -0.3 is 20.1 Å². The number of rotatable bonds is 3. The van der Waals surface area contributed by atoms with E-state index in [-0.39, 0.29) is 0 Å². The number of ether oxygens (including phenoxy) is 1. The molecule has 0 bridgehead atoms. The predicted molar refractivity (Wildman–Crippen MR) is 98.0 cm³/mol. The average Bonchev–Trinajstić information content (AvgIpc) is 3.39. The molecule has 5 heterocycles. The van der Waals surface area contributed by atoms with Crippen molar-refractivity contribution in [3.8, 4) is 11.5 Å². The maximum atomic E-state index is 10.3. The average molecular weight is 448 g/mol. The number of pyridine rings is 1. The van der Waals surface area contributed by atoms with Crippen molar-refractivity contribution < 1.29 is 20.1 Å². The van der Waals surface area contributed by atoms with Gasteiger partial charge in [0.1, 0.15) is 30.3 Å². The standard InChI is InChI=1S/C16H14BrN7O4/c17-7-1-2-8(18-3-7)13-21-22-15-10-14(20-6-23(13)15)24(5-19-10)16-12(27)11(26)9(4-25)28-16/h1-3,5-6,9,11-12,16,25-27H,4H2/t9-,11+,12+,16-/m1/s1. The number of hydrogen-bond donors (Lipinski definition) is 3. The lowest BCUT2D eigenvalue weighted by atomic mass is 10.1. The van der Waals surface area contributed by atoms with Crippen molar-refractivity contribution in [2.24, 2.45) is 0 Å². The van der Waals surface area contributed by atoms with Gasteiger partial charge in [-0.1, -0.05) is 0 Å². The minimum absolute atomic E-state index is 0.407. The first-order valence-corrected chi connectivity index (χ1v) is 9.18. The fourth-order valence-corrected chi connectivity index (χ4v) is 3.53. The second-order valence-electron chi connectivity index (χ2n) is 6.38. The van der Waals surface area contributed by atoms with Crippen molar-refractivity contribution in [2.75, 3.05) is 6.61 Å². The highest BCUT2D eigenvalue weighted by Crippen LogP contribution is 2.32. The van der Waals surface area contributed by atoms with Gasteiger partial charge in [0.2, 0.25) is 0 Å². The van der Waals surface area contributed by atoms with E-state index >= 15 is 0 Å². The third kappa shape index (κ3) is 2.53. The zero-order valence-corrected chi connectivity index (χ0v) is 15.7. The molecule has 0 spiro atoms. The molecule has 1 fully saturated rings. The Balaban J connectivity index is 1.61. The fraction of sp³-hybridized carbons (Fsp3) is 0.312. The second kappa shape index (κ2) is 6.53. The van der Waals surface area contributed by atoms with Crippen LogP contribution in [0.4, 0.5) is 0 Å². The van der Waals surface area contributed by atoms with Crippen LogP contribution in [0.2, 0.25) is 0 Å². The number of hydrogen-bond acceptors (Lipinski definition) is 9. The molecule has 1 aliphatic heterocycles. The largest absolute Gasteiger partial charge is 0.394 e. The van der Waals surface area contributed by atoms with Crippen LogP contribution in [-0.2, 0) is 4.74 Å². The molecule has 12 heteroatoms. The Morgan fingerprint density at radius 3 is 2.61 bits per heavy atom. The molecule has 3 N–H and O–H groups in total. The smallest absolute Gasteiger partial charge is 0.192 e. The first-order valence-electron chi connectivity index (χ1n) is 8.39. The molecule has 1 aliphatic rings. The van der Waals surface area contributed by atoms with Gasteiger partial charge in [-0.25, -0.2) is 9.97 Å². The van der Waals surface area contributed by atoms with Gasteiger partial charge in [0.05, 0.1) is 12.9 Å². The highest BCUT2D eigenvalue weighted by atomic mass is 79.9. The normalized spacial score (nSPS) is 25.1. The van der Waals surface area contributed by atoms with E-state index in [2.05, 4.69) is 41.1 Å². The van der Waals surface area contributed by atoms with Crippen molar-refractivity contribution in [3.63, 3.8) is 0 Å². The lowest BCUT2D eigenvalue weighted by Gasteiger charge is -2.16. The molecule has 4 atom stereocenters. The maximum absolute atomic E-state index is 10.3. The summed E-state index contributed by atoms with van der Waals surface area (Å²) in [6.45, 7) is -0.410. The van der Waals surface area contributed by atoms with E-state index in [9.17, 15) is 15.3 Å². The quantitative estimate of drug-likeness (QED) is 0.392. The van der Waals surface area contributed by atoms with Gasteiger partial charge in [-0.2, -0.15) is 0 Å².